The number of aryl methyl sites for hydroxylation is 1. The molecule has 0 aliphatic heterocycles. The van der Waals surface area contributed by atoms with E-state index in [1.807, 2.05) is 0 Å². The second-order valence-corrected chi connectivity index (χ2v) is 2.62. The molecule has 0 amide bonds. The molecular formula is C8H11N3O3. The predicted octanol–water partition coefficient (Wildman–Crippen LogP) is -0.0490. The van der Waals surface area contributed by atoms with E-state index in [0.29, 0.717) is 0 Å². The van der Waals surface area contributed by atoms with Gasteiger partial charge < -0.3 is 4.74 Å². The van der Waals surface area contributed by atoms with Crippen LogP contribution in [-0.4, -0.2) is 33.4 Å². The molecule has 0 atom stereocenters. The smallest absolute Gasteiger partial charge is 0.313 e. The standard InChI is InChI=1S/C8H11N3O3/c1-3-14-8(13)4-7(12)6-5-9-11(2)10-6/h5H,3-4H2,1-2H3. The van der Waals surface area contributed by atoms with Gasteiger partial charge in [0.2, 0.25) is 0 Å². The molecule has 6 nitrogen and oxygen atoms in total. The first-order valence-corrected chi connectivity index (χ1v) is 4.18. The van der Waals surface area contributed by atoms with Crippen LogP contribution in [0.4, 0.5) is 0 Å². The molecule has 0 saturated heterocycles. The van der Waals surface area contributed by atoms with Crippen LogP contribution in [0.1, 0.15) is 23.8 Å². The lowest BCUT2D eigenvalue weighted by atomic mass is 10.2. The summed E-state index contributed by atoms with van der Waals surface area (Å²) in [5.74, 6) is -0.917. The van der Waals surface area contributed by atoms with E-state index in [0.717, 1.165) is 0 Å². The third kappa shape index (κ3) is 2.65. The largest absolute Gasteiger partial charge is 0.466 e. The minimum Gasteiger partial charge on any atom is -0.466 e. The summed E-state index contributed by atoms with van der Waals surface area (Å²) in [7, 11) is 1.60. The normalized spacial score (nSPS) is 9.86. The van der Waals surface area contributed by atoms with Crippen LogP contribution in [0.25, 0.3) is 0 Å². The molecule has 1 heterocycles. The fourth-order valence-electron chi connectivity index (χ4n) is 0.907. The molecule has 76 valence electrons. The Kier molecular flexibility index (Phi) is 3.33. The van der Waals surface area contributed by atoms with Crippen molar-refractivity contribution >= 4 is 11.8 Å². The first kappa shape index (κ1) is 10.4. The first-order valence-electron chi connectivity index (χ1n) is 4.18. The minimum atomic E-state index is -0.539. The fraction of sp³-hybridized carbons (Fsp3) is 0.500. The van der Waals surface area contributed by atoms with E-state index in [1.54, 1.807) is 14.0 Å². The molecule has 0 unspecified atom stereocenters. The third-order valence-electron chi connectivity index (χ3n) is 1.50. The van der Waals surface area contributed by atoms with E-state index in [1.165, 1.54) is 11.0 Å². The molecule has 1 aromatic heterocycles. The second kappa shape index (κ2) is 4.50. The number of carbonyl (C=O) groups is 2. The maximum atomic E-state index is 11.3. The SMILES string of the molecule is CCOC(=O)CC(=O)c1cnn(C)n1. The molecule has 0 aromatic carbocycles. The Hall–Kier alpha value is -1.72. The van der Waals surface area contributed by atoms with Crippen molar-refractivity contribution < 1.29 is 14.3 Å². The molecule has 1 aromatic rings. The summed E-state index contributed by atoms with van der Waals surface area (Å²) < 4.78 is 4.63. The molecule has 0 saturated carbocycles. The highest BCUT2D eigenvalue weighted by molar-refractivity contribution is 6.04. The van der Waals surface area contributed by atoms with Crippen molar-refractivity contribution in [3.05, 3.63) is 11.9 Å². The molecule has 0 radical (unpaired) electrons. The second-order valence-electron chi connectivity index (χ2n) is 2.62. The molecule has 14 heavy (non-hydrogen) atoms. The van der Waals surface area contributed by atoms with Crippen LogP contribution in [0.2, 0.25) is 0 Å². The Morgan fingerprint density at radius 1 is 1.57 bits per heavy atom. The maximum Gasteiger partial charge on any atom is 0.313 e. The van der Waals surface area contributed by atoms with Crippen LogP contribution in [0.3, 0.4) is 0 Å². The average Bonchev–Trinajstić information content (AvgIpc) is 2.52. The topological polar surface area (TPSA) is 74.1 Å². The summed E-state index contributed by atoms with van der Waals surface area (Å²) in [4.78, 5) is 23.5. The summed E-state index contributed by atoms with van der Waals surface area (Å²) in [6, 6.07) is 0. The van der Waals surface area contributed by atoms with Gasteiger partial charge in [0.05, 0.1) is 12.8 Å². The molecule has 0 spiro atoms. The number of hydrogen-bond donors (Lipinski definition) is 0. The van der Waals surface area contributed by atoms with Gasteiger partial charge in [0.25, 0.3) is 0 Å². The number of ketones is 1. The molecule has 0 aliphatic rings. The third-order valence-corrected chi connectivity index (χ3v) is 1.50. The van der Waals surface area contributed by atoms with E-state index in [4.69, 9.17) is 0 Å². The zero-order valence-corrected chi connectivity index (χ0v) is 8.06. The van der Waals surface area contributed by atoms with Crippen LogP contribution < -0.4 is 0 Å². The summed E-state index contributed by atoms with van der Waals surface area (Å²) >= 11 is 0. The van der Waals surface area contributed by atoms with Crippen molar-refractivity contribution in [2.24, 2.45) is 7.05 Å². The van der Waals surface area contributed by atoms with Crippen molar-refractivity contribution in [1.29, 1.82) is 0 Å². The highest BCUT2D eigenvalue weighted by Crippen LogP contribution is 1.98. The Morgan fingerprint density at radius 3 is 2.79 bits per heavy atom. The summed E-state index contributed by atoms with van der Waals surface area (Å²) in [6.07, 6.45) is 1.04. The van der Waals surface area contributed by atoms with Gasteiger partial charge in [-0.1, -0.05) is 0 Å². The van der Waals surface area contributed by atoms with Crippen molar-refractivity contribution in [2.45, 2.75) is 13.3 Å². The Morgan fingerprint density at radius 2 is 2.29 bits per heavy atom. The van der Waals surface area contributed by atoms with Gasteiger partial charge in [-0.2, -0.15) is 15.0 Å². The summed E-state index contributed by atoms with van der Waals surface area (Å²) in [5, 5.41) is 7.50. The molecule has 0 aliphatic carbocycles. The van der Waals surface area contributed by atoms with Gasteiger partial charge in [-0.15, -0.1) is 0 Å². The number of Topliss-reactive ketones (excluding diaryl/α,β-unsaturated/α-hetero) is 1. The number of carbonyl (C=O) groups excluding carboxylic acids is 2. The molecule has 0 fully saturated rings. The van der Waals surface area contributed by atoms with Gasteiger partial charge in [-0.05, 0) is 6.92 Å². The zero-order chi connectivity index (χ0) is 10.6. The number of esters is 1. The zero-order valence-electron chi connectivity index (χ0n) is 8.06. The van der Waals surface area contributed by atoms with Crippen molar-refractivity contribution in [2.75, 3.05) is 6.61 Å². The van der Waals surface area contributed by atoms with Crippen molar-refractivity contribution in [3.8, 4) is 0 Å². The lowest BCUT2D eigenvalue weighted by molar-refractivity contribution is -0.141. The molecular weight excluding hydrogens is 186 g/mol. The van der Waals surface area contributed by atoms with Crippen molar-refractivity contribution in [3.63, 3.8) is 0 Å². The van der Waals surface area contributed by atoms with E-state index >= 15 is 0 Å². The fourth-order valence-corrected chi connectivity index (χ4v) is 0.907. The van der Waals surface area contributed by atoms with Gasteiger partial charge in [0, 0.05) is 7.05 Å². The quantitative estimate of drug-likeness (QED) is 0.384. The van der Waals surface area contributed by atoms with E-state index in [2.05, 4.69) is 14.9 Å². The van der Waals surface area contributed by atoms with Gasteiger partial charge in [-0.3, -0.25) is 9.59 Å². The van der Waals surface area contributed by atoms with Crippen molar-refractivity contribution in [1.82, 2.24) is 15.0 Å². The number of rotatable bonds is 4. The summed E-state index contributed by atoms with van der Waals surface area (Å²) in [6.45, 7) is 1.96. The number of hydrogen-bond acceptors (Lipinski definition) is 5. The van der Waals surface area contributed by atoms with E-state index in [-0.39, 0.29) is 24.5 Å². The minimum absolute atomic E-state index is 0.181. The van der Waals surface area contributed by atoms with Crippen LogP contribution in [0, 0.1) is 0 Å². The molecule has 0 N–H and O–H groups in total. The summed E-state index contributed by atoms with van der Waals surface area (Å²) in [5.41, 5.74) is 0.181. The maximum absolute atomic E-state index is 11.3. The lowest BCUT2D eigenvalue weighted by Crippen LogP contribution is -2.12. The van der Waals surface area contributed by atoms with Gasteiger partial charge in [0.15, 0.2) is 5.78 Å². The highest BCUT2D eigenvalue weighted by atomic mass is 16.5. The predicted molar refractivity (Wildman–Crippen MR) is 46.6 cm³/mol. The van der Waals surface area contributed by atoms with E-state index < -0.39 is 5.97 Å². The Balaban J connectivity index is 2.55. The molecule has 6 heteroatoms. The van der Waals surface area contributed by atoms with Gasteiger partial charge in [0.1, 0.15) is 12.1 Å². The number of ether oxygens (including phenoxy) is 1. The van der Waals surface area contributed by atoms with Crippen LogP contribution in [-0.2, 0) is 16.6 Å². The monoisotopic (exact) mass is 197 g/mol. The highest BCUT2D eigenvalue weighted by Gasteiger charge is 2.15. The molecule has 0 bridgehead atoms. The van der Waals surface area contributed by atoms with Gasteiger partial charge in [-0.25, -0.2) is 0 Å². The first-order chi connectivity index (χ1) is 6.63. The Bertz CT molecular complexity index is 345. The van der Waals surface area contributed by atoms with Crippen LogP contribution >= 0.6 is 0 Å². The molecule has 1 rings (SSSR count). The lowest BCUT2D eigenvalue weighted by Gasteiger charge is -1.98. The van der Waals surface area contributed by atoms with E-state index in [9.17, 15) is 9.59 Å². The average molecular weight is 197 g/mol. The number of aromatic nitrogens is 3. The Labute approximate surface area is 80.9 Å². The number of nitrogens with zero attached hydrogens (tertiary/aromatic N) is 3. The van der Waals surface area contributed by atoms with Gasteiger partial charge >= 0.3 is 5.97 Å². The van der Waals surface area contributed by atoms with Crippen LogP contribution in [0.5, 0.6) is 0 Å². The van der Waals surface area contributed by atoms with Crippen LogP contribution in [0.15, 0.2) is 6.20 Å².